The van der Waals surface area contributed by atoms with Gasteiger partial charge in [0.05, 0.1) is 24.7 Å². The van der Waals surface area contributed by atoms with Crippen molar-refractivity contribution in [2.75, 3.05) is 13.2 Å². The molecule has 24 heavy (non-hydrogen) atoms. The van der Waals surface area contributed by atoms with Crippen LogP contribution < -0.4 is 0 Å². The van der Waals surface area contributed by atoms with Crippen molar-refractivity contribution in [2.24, 2.45) is 0 Å². The van der Waals surface area contributed by atoms with E-state index in [2.05, 4.69) is 33.9 Å². The van der Waals surface area contributed by atoms with E-state index < -0.39 is 19.8 Å². The van der Waals surface area contributed by atoms with Gasteiger partial charge in [-0.05, 0) is 37.0 Å². The van der Waals surface area contributed by atoms with Gasteiger partial charge in [-0.25, -0.2) is 0 Å². The molecule has 0 amide bonds. The Labute approximate surface area is 152 Å². The predicted octanol–water partition coefficient (Wildman–Crippen LogP) is 4.19. The maximum atomic E-state index is 12.1. The van der Waals surface area contributed by atoms with E-state index in [4.69, 9.17) is 20.8 Å². The van der Waals surface area contributed by atoms with E-state index >= 15 is 0 Å². The lowest BCUT2D eigenvalue weighted by molar-refractivity contribution is -0.112. The minimum Gasteiger partial charge on any atom is -0.498 e. The van der Waals surface area contributed by atoms with Gasteiger partial charge in [0, 0.05) is 12.5 Å². The van der Waals surface area contributed by atoms with Crippen LogP contribution in [0.3, 0.4) is 0 Å². The minimum absolute atomic E-state index is 0.0762. The largest absolute Gasteiger partial charge is 0.498 e. The number of alkyl halides is 1. The third kappa shape index (κ3) is 6.03. The third-order valence-electron chi connectivity index (χ3n) is 4.73. The fraction of sp³-hybridized carbons (Fsp3) is 0.722. The second kappa shape index (κ2) is 8.65. The van der Waals surface area contributed by atoms with Gasteiger partial charge in [-0.15, -0.1) is 11.6 Å². The number of carbonyl (C=O) groups is 1. The fourth-order valence-corrected chi connectivity index (χ4v) is 3.31. The second-order valence-electron chi connectivity index (χ2n) is 7.68. The van der Waals surface area contributed by atoms with Gasteiger partial charge in [-0.3, -0.25) is 4.79 Å². The highest BCUT2D eigenvalue weighted by molar-refractivity contribution is 6.74. The van der Waals surface area contributed by atoms with Gasteiger partial charge in [-0.1, -0.05) is 26.8 Å². The van der Waals surface area contributed by atoms with E-state index in [1.165, 1.54) is 6.08 Å². The molecular formula is C18H31ClO4Si. The lowest BCUT2D eigenvalue weighted by atomic mass is 9.96. The van der Waals surface area contributed by atoms with Crippen LogP contribution in [0.5, 0.6) is 0 Å². The first-order valence-electron chi connectivity index (χ1n) is 8.52. The number of ether oxygens (including phenoxy) is 1. The molecule has 0 radical (unpaired) electrons. The fourth-order valence-electron chi connectivity index (χ4n) is 2.06. The lowest BCUT2D eigenvalue weighted by Crippen LogP contribution is -2.43. The van der Waals surface area contributed by atoms with Crippen molar-refractivity contribution in [1.82, 2.24) is 0 Å². The molecule has 4 nitrogen and oxygen atoms in total. The number of halogens is 1. The molecule has 0 heterocycles. The lowest BCUT2D eigenvalue weighted by Gasteiger charge is -2.37. The summed E-state index contributed by atoms with van der Waals surface area (Å²) in [4.78, 5) is 12.1. The number of hydrogen-bond donors (Lipinski definition) is 1. The molecule has 0 unspecified atom stereocenters. The molecule has 1 N–H and O–H groups in total. The number of hydrogen-bond acceptors (Lipinski definition) is 4. The molecule has 6 heteroatoms. The summed E-state index contributed by atoms with van der Waals surface area (Å²) in [6, 6.07) is 0. The van der Waals surface area contributed by atoms with Crippen molar-refractivity contribution in [1.29, 1.82) is 0 Å². The Bertz CT molecular complexity index is 506. The standard InChI is InChI=1S/C18H31ClO4Si/c1-7-22-14-9-8-13(16(20)11-14)10-15(19)17(21)12-23-24(5,6)18(2,3)4/h10-11,15,17,21H,7-9,12H2,1-6H3/b13-10+/t15-,17+/m1/s1. The molecule has 0 saturated heterocycles. The quantitative estimate of drug-likeness (QED) is 0.412. The zero-order chi connectivity index (χ0) is 18.5. The molecule has 0 bridgehead atoms. The Kier molecular flexibility index (Phi) is 7.72. The number of carbonyl (C=O) groups excluding carboxylic acids is 1. The van der Waals surface area contributed by atoms with Gasteiger partial charge in [0.1, 0.15) is 5.76 Å². The number of ketones is 1. The summed E-state index contributed by atoms with van der Waals surface area (Å²) in [5.74, 6) is 0.625. The van der Waals surface area contributed by atoms with Crippen LogP contribution in [0.15, 0.2) is 23.5 Å². The van der Waals surface area contributed by atoms with Crippen LogP contribution in [-0.4, -0.2) is 43.9 Å². The molecule has 1 aliphatic rings. The van der Waals surface area contributed by atoms with Gasteiger partial charge in [0.2, 0.25) is 0 Å². The van der Waals surface area contributed by atoms with E-state index in [1.54, 1.807) is 6.08 Å². The monoisotopic (exact) mass is 374 g/mol. The molecule has 1 aliphatic carbocycles. The van der Waals surface area contributed by atoms with Crippen LogP contribution in [0.4, 0.5) is 0 Å². The van der Waals surface area contributed by atoms with Gasteiger partial charge in [0.25, 0.3) is 0 Å². The zero-order valence-corrected chi connectivity index (χ0v) is 17.4. The average Bonchev–Trinajstić information content (AvgIpc) is 2.46. The highest BCUT2D eigenvalue weighted by Gasteiger charge is 2.37. The summed E-state index contributed by atoms with van der Waals surface area (Å²) < 4.78 is 11.4. The molecular weight excluding hydrogens is 344 g/mol. The smallest absolute Gasteiger partial charge is 0.192 e. The van der Waals surface area contributed by atoms with Crippen LogP contribution in [0, 0.1) is 0 Å². The van der Waals surface area contributed by atoms with Crippen molar-refractivity contribution >= 4 is 25.7 Å². The first kappa shape index (κ1) is 21.4. The van der Waals surface area contributed by atoms with Crippen molar-refractivity contribution < 1.29 is 19.1 Å². The Morgan fingerprint density at radius 1 is 1.38 bits per heavy atom. The van der Waals surface area contributed by atoms with Gasteiger partial charge < -0.3 is 14.3 Å². The average molecular weight is 375 g/mol. The highest BCUT2D eigenvalue weighted by Crippen LogP contribution is 2.36. The van der Waals surface area contributed by atoms with E-state index in [0.29, 0.717) is 30.8 Å². The van der Waals surface area contributed by atoms with Crippen LogP contribution in [-0.2, 0) is 14.0 Å². The van der Waals surface area contributed by atoms with Crippen molar-refractivity contribution in [3.8, 4) is 0 Å². The second-order valence-corrected chi connectivity index (χ2v) is 13.0. The van der Waals surface area contributed by atoms with E-state index in [-0.39, 0.29) is 17.4 Å². The molecule has 0 fully saturated rings. The Balaban J connectivity index is 2.64. The maximum absolute atomic E-state index is 12.1. The van der Waals surface area contributed by atoms with E-state index in [1.807, 2.05) is 6.92 Å². The van der Waals surface area contributed by atoms with E-state index in [9.17, 15) is 9.90 Å². The summed E-state index contributed by atoms with van der Waals surface area (Å²) in [6.07, 6.45) is 3.61. The van der Waals surface area contributed by atoms with Crippen molar-refractivity contribution in [3.05, 3.63) is 23.5 Å². The van der Waals surface area contributed by atoms with Crippen LogP contribution in [0.1, 0.15) is 40.5 Å². The zero-order valence-electron chi connectivity index (χ0n) is 15.7. The first-order chi connectivity index (χ1) is 11.0. The first-order valence-corrected chi connectivity index (χ1v) is 11.9. The summed E-state index contributed by atoms with van der Waals surface area (Å²) in [7, 11) is -1.93. The number of aliphatic hydroxyl groups is 1. The predicted molar refractivity (Wildman–Crippen MR) is 101 cm³/mol. The molecule has 2 atom stereocenters. The molecule has 0 spiro atoms. The number of aliphatic hydroxyl groups excluding tert-OH is 1. The van der Waals surface area contributed by atoms with Gasteiger partial charge >= 0.3 is 0 Å². The topological polar surface area (TPSA) is 55.8 Å². The molecule has 138 valence electrons. The number of rotatable bonds is 7. The maximum Gasteiger partial charge on any atom is 0.192 e. The van der Waals surface area contributed by atoms with Gasteiger partial charge in [0.15, 0.2) is 14.1 Å². The van der Waals surface area contributed by atoms with Crippen molar-refractivity contribution in [2.45, 2.75) is 70.1 Å². The molecule has 0 aliphatic heterocycles. The summed E-state index contributed by atoms with van der Waals surface area (Å²) in [5.41, 5.74) is 0.629. The normalized spacial score (nSPS) is 20.8. The Morgan fingerprint density at radius 2 is 2.00 bits per heavy atom. The summed E-state index contributed by atoms with van der Waals surface area (Å²) >= 11 is 6.28. The van der Waals surface area contributed by atoms with Gasteiger partial charge in [-0.2, -0.15) is 0 Å². The Morgan fingerprint density at radius 3 is 2.50 bits per heavy atom. The van der Waals surface area contributed by atoms with E-state index in [0.717, 1.165) is 0 Å². The molecule has 0 saturated carbocycles. The molecule has 0 aromatic heterocycles. The Hall–Kier alpha value is -0.623. The highest BCUT2D eigenvalue weighted by atomic mass is 35.5. The summed E-state index contributed by atoms with van der Waals surface area (Å²) in [6.45, 7) is 13.3. The molecule has 1 rings (SSSR count). The number of allylic oxidation sites excluding steroid dienone is 3. The van der Waals surface area contributed by atoms with Crippen LogP contribution in [0.25, 0.3) is 0 Å². The SMILES string of the molecule is CCOC1=CC(=O)/C(=C/[C@@H](Cl)[C@@H](O)CO[Si](C)(C)C(C)(C)C)CC1. The minimum atomic E-state index is -1.93. The van der Waals surface area contributed by atoms with Crippen LogP contribution >= 0.6 is 11.6 Å². The van der Waals surface area contributed by atoms with Crippen LogP contribution in [0.2, 0.25) is 18.1 Å². The third-order valence-corrected chi connectivity index (χ3v) is 9.65. The molecule has 0 aromatic carbocycles. The van der Waals surface area contributed by atoms with Crippen molar-refractivity contribution in [3.63, 3.8) is 0 Å². The summed E-state index contributed by atoms with van der Waals surface area (Å²) in [5, 5.41) is 9.70. The molecule has 0 aromatic rings.